The molecule has 1 aromatic heterocycles. The Morgan fingerprint density at radius 3 is 2.71 bits per heavy atom. The largest absolute Gasteiger partial charge is 0.307 e. The summed E-state index contributed by atoms with van der Waals surface area (Å²) in [4.78, 5) is 4.37. The zero-order chi connectivity index (χ0) is 14.7. The minimum absolute atomic E-state index is 0.137. The Bertz CT molecular complexity index is 755. The molecule has 3 aromatic rings. The molecule has 1 heterocycles. The highest BCUT2D eigenvalue weighted by Crippen LogP contribution is 2.26. The van der Waals surface area contributed by atoms with Gasteiger partial charge >= 0.3 is 0 Å². The van der Waals surface area contributed by atoms with Crippen molar-refractivity contribution in [1.29, 1.82) is 0 Å². The van der Waals surface area contributed by atoms with Crippen LogP contribution in [0.15, 0.2) is 60.8 Å². The summed E-state index contributed by atoms with van der Waals surface area (Å²) in [6, 6.07) is 18.6. The number of halogens is 1. The SMILES string of the molecule is CCNC(c1cccc(Cl)c1)c1ccc2ncccc2c1. The first kappa shape index (κ1) is 14.1. The first-order valence-electron chi connectivity index (χ1n) is 7.11. The Morgan fingerprint density at radius 2 is 1.90 bits per heavy atom. The topological polar surface area (TPSA) is 24.9 Å². The van der Waals surface area contributed by atoms with Gasteiger partial charge in [-0.1, -0.05) is 42.8 Å². The second-order valence-corrected chi connectivity index (χ2v) is 5.44. The summed E-state index contributed by atoms with van der Waals surface area (Å²) in [6.07, 6.45) is 1.82. The summed E-state index contributed by atoms with van der Waals surface area (Å²) < 4.78 is 0. The van der Waals surface area contributed by atoms with Crippen molar-refractivity contribution in [3.63, 3.8) is 0 Å². The molecule has 0 aliphatic carbocycles. The van der Waals surface area contributed by atoms with E-state index in [0.717, 1.165) is 22.5 Å². The Kier molecular flexibility index (Phi) is 4.18. The van der Waals surface area contributed by atoms with Crippen molar-refractivity contribution in [2.75, 3.05) is 6.54 Å². The van der Waals surface area contributed by atoms with E-state index >= 15 is 0 Å². The molecule has 0 bridgehead atoms. The van der Waals surface area contributed by atoms with Crippen LogP contribution in [0.25, 0.3) is 10.9 Å². The maximum atomic E-state index is 6.13. The summed E-state index contributed by atoms with van der Waals surface area (Å²) in [6.45, 7) is 3.00. The molecule has 0 saturated carbocycles. The van der Waals surface area contributed by atoms with E-state index in [1.54, 1.807) is 0 Å². The molecule has 0 radical (unpaired) electrons. The van der Waals surface area contributed by atoms with Crippen LogP contribution in [0.1, 0.15) is 24.1 Å². The van der Waals surface area contributed by atoms with Crippen LogP contribution in [-0.2, 0) is 0 Å². The van der Waals surface area contributed by atoms with Gasteiger partial charge in [-0.25, -0.2) is 0 Å². The van der Waals surface area contributed by atoms with Gasteiger partial charge in [0.2, 0.25) is 0 Å². The van der Waals surface area contributed by atoms with Crippen molar-refractivity contribution in [3.8, 4) is 0 Å². The lowest BCUT2D eigenvalue weighted by atomic mass is 9.97. The fraction of sp³-hybridized carbons (Fsp3) is 0.167. The molecule has 2 nitrogen and oxygen atoms in total. The van der Waals surface area contributed by atoms with Crippen LogP contribution >= 0.6 is 11.6 Å². The number of hydrogen-bond donors (Lipinski definition) is 1. The lowest BCUT2D eigenvalue weighted by Crippen LogP contribution is -2.21. The van der Waals surface area contributed by atoms with E-state index < -0.39 is 0 Å². The Morgan fingerprint density at radius 1 is 1.05 bits per heavy atom. The quantitative estimate of drug-likeness (QED) is 0.762. The summed E-state index contributed by atoms with van der Waals surface area (Å²) in [5.74, 6) is 0. The minimum Gasteiger partial charge on any atom is -0.307 e. The second kappa shape index (κ2) is 6.25. The van der Waals surface area contributed by atoms with Crippen LogP contribution in [0, 0.1) is 0 Å². The molecule has 21 heavy (non-hydrogen) atoms. The Labute approximate surface area is 129 Å². The molecule has 1 atom stereocenters. The number of hydrogen-bond acceptors (Lipinski definition) is 2. The summed E-state index contributed by atoms with van der Waals surface area (Å²) >= 11 is 6.13. The maximum Gasteiger partial charge on any atom is 0.0702 e. The number of aromatic nitrogens is 1. The number of nitrogens with one attached hydrogen (secondary N) is 1. The molecular formula is C18H17ClN2. The number of pyridine rings is 1. The lowest BCUT2D eigenvalue weighted by molar-refractivity contribution is 0.631. The fourth-order valence-electron chi connectivity index (χ4n) is 2.59. The summed E-state index contributed by atoms with van der Waals surface area (Å²) in [7, 11) is 0. The van der Waals surface area contributed by atoms with Gasteiger partial charge in [0.25, 0.3) is 0 Å². The van der Waals surface area contributed by atoms with E-state index in [4.69, 9.17) is 11.6 Å². The number of nitrogens with zero attached hydrogens (tertiary/aromatic N) is 1. The van der Waals surface area contributed by atoms with Crippen LogP contribution in [0.5, 0.6) is 0 Å². The molecule has 0 fully saturated rings. The molecule has 3 rings (SSSR count). The average molecular weight is 297 g/mol. The smallest absolute Gasteiger partial charge is 0.0702 e. The highest BCUT2D eigenvalue weighted by Gasteiger charge is 2.13. The highest BCUT2D eigenvalue weighted by molar-refractivity contribution is 6.30. The van der Waals surface area contributed by atoms with Gasteiger partial charge in [0.1, 0.15) is 0 Å². The van der Waals surface area contributed by atoms with Crippen LogP contribution in [0.4, 0.5) is 0 Å². The van der Waals surface area contributed by atoms with Gasteiger partial charge in [-0.15, -0.1) is 0 Å². The summed E-state index contributed by atoms with van der Waals surface area (Å²) in [5.41, 5.74) is 3.41. The van der Waals surface area contributed by atoms with Gasteiger partial charge in [0.15, 0.2) is 0 Å². The van der Waals surface area contributed by atoms with Crippen molar-refractivity contribution in [2.24, 2.45) is 0 Å². The third-order valence-electron chi connectivity index (χ3n) is 3.55. The van der Waals surface area contributed by atoms with Gasteiger partial charge in [-0.3, -0.25) is 4.98 Å². The molecule has 106 valence electrons. The molecular weight excluding hydrogens is 280 g/mol. The Hall–Kier alpha value is -1.90. The molecule has 0 aliphatic heterocycles. The molecule has 0 saturated heterocycles. The van der Waals surface area contributed by atoms with Gasteiger partial charge in [0.05, 0.1) is 11.6 Å². The number of rotatable bonds is 4. The van der Waals surface area contributed by atoms with Gasteiger partial charge in [0, 0.05) is 16.6 Å². The molecule has 1 unspecified atom stereocenters. The first-order chi connectivity index (χ1) is 10.3. The van der Waals surface area contributed by atoms with Gasteiger partial charge in [-0.2, -0.15) is 0 Å². The van der Waals surface area contributed by atoms with E-state index in [9.17, 15) is 0 Å². The van der Waals surface area contributed by atoms with E-state index in [1.807, 2.05) is 30.5 Å². The Balaban J connectivity index is 2.06. The maximum absolute atomic E-state index is 6.13. The number of fused-ring (bicyclic) bond motifs is 1. The standard InChI is InChI=1S/C18H17ClN2/c1-2-20-18(14-5-3-7-16(19)12-14)15-8-9-17-13(11-15)6-4-10-21-17/h3-12,18,20H,2H2,1H3. The molecule has 0 aliphatic rings. The molecule has 3 heteroatoms. The van der Waals surface area contributed by atoms with Crippen molar-refractivity contribution in [1.82, 2.24) is 10.3 Å². The van der Waals surface area contributed by atoms with Gasteiger partial charge in [-0.05, 0) is 48.0 Å². The zero-order valence-electron chi connectivity index (χ0n) is 11.9. The molecule has 0 spiro atoms. The van der Waals surface area contributed by atoms with Crippen molar-refractivity contribution < 1.29 is 0 Å². The van der Waals surface area contributed by atoms with Crippen molar-refractivity contribution in [2.45, 2.75) is 13.0 Å². The number of benzene rings is 2. The van der Waals surface area contributed by atoms with Crippen LogP contribution < -0.4 is 5.32 Å². The van der Waals surface area contributed by atoms with Crippen molar-refractivity contribution in [3.05, 3.63) is 76.9 Å². The second-order valence-electron chi connectivity index (χ2n) is 5.00. The van der Waals surface area contributed by atoms with Crippen molar-refractivity contribution >= 4 is 22.5 Å². The third kappa shape index (κ3) is 3.07. The molecule has 2 aromatic carbocycles. The van der Waals surface area contributed by atoms with E-state index in [1.165, 1.54) is 11.1 Å². The van der Waals surface area contributed by atoms with Crippen LogP contribution in [-0.4, -0.2) is 11.5 Å². The van der Waals surface area contributed by atoms with E-state index in [2.05, 4.69) is 47.6 Å². The average Bonchev–Trinajstić information content (AvgIpc) is 2.52. The lowest BCUT2D eigenvalue weighted by Gasteiger charge is -2.19. The highest BCUT2D eigenvalue weighted by atomic mass is 35.5. The fourth-order valence-corrected chi connectivity index (χ4v) is 2.79. The zero-order valence-corrected chi connectivity index (χ0v) is 12.6. The van der Waals surface area contributed by atoms with E-state index in [-0.39, 0.29) is 6.04 Å². The third-order valence-corrected chi connectivity index (χ3v) is 3.79. The molecule has 0 amide bonds. The normalized spacial score (nSPS) is 12.5. The minimum atomic E-state index is 0.137. The molecule has 1 N–H and O–H groups in total. The van der Waals surface area contributed by atoms with E-state index in [0.29, 0.717) is 0 Å². The first-order valence-corrected chi connectivity index (χ1v) is 7.49. The van der Waals surface area contributed by atoms with Crippen LogP contribution in [0.3, 0.4) is 0 Å². The van der Waals surface area contributed by atoms with Crippen LogP contribution in [0.2, 0.25) is 5.02 Å². The predicted molar refractivity (Wildman–Crippen MR) is 88.7 cm³/mol. The van der Waals surface area contributed by atoms with Gasteiger partial charge < -0.3 is 5.32 Å². The predicted octanol–water partition coefficient (Wildman–Crippen LogP) is 4.59. The monoisotopic (exact) mass is 296 g/mol. The summed E-state index contributed by atoms with van der Waals surface area (Å²) in [5, 5.41) is 5.44.